The lowest BCUT2D eigenvalue weighted by atomic mass is 9.90. The number of hydrogen-bond donors (Lipinski definition) is 1. The van der Waals surface area contributed by atoms with Crippen molar-refractivity contribution in [2.24, 2.45) is 11.8 Å². The number of nitrogens with zero attached hydrogens (tertiary/aromatic N) is 4. The van der Waals surface area contributed by atoms with E-state index in [4.69, 9.17) is 4.74 Å². The molecule has 0 bridgehead atoms. The molecule has 1 unspecified atom stereocenters. The minimum absolute atomic E-state index is 0.0409. The maximum atomic E-state index is 15.4. The third-order valence-corrected chi connectivity index (χ3v) is 9.12. The first kappa shape index (κ1) is 30.5. The van der Waals surface area contributed by atoms with Crippen molar-refractivity contribution in [3.8, 4) is 0 Å². The lowest BCUT2D eigenvalue weighted by Crippen LogP contribution is -2.43. The highest BCUT2D eigenvalue weighted by atomic mass is 19.1. The Morgan fingerprint density at radius 1 is 1.00 bits per heavy atom. The maximum absolute atomic E-state index is 15.4. The molecule has 1 aliphatic carbocycles. The van der Waals surface area contributed by atoms with Crippen molar-refractivity contribution in [1.82, 2.24) is 18.9 Å². The number of piperidine rings is 1. The van der Waals surface area contributed by atoms with Gasteiger partial charge >= 0.3 is 17.8 Å². The number of halogens is 1. The topological polar surface area (TPSA) is 123 Å². The normalized spacial score (nSPS) is 17.9. The van der Waals surface area contributed by atoms with Gasteiger partial charge in [0, 0.05) is 56.8 Å². The first-order valence-corrected chi connectivity index (χ1v) is 15.6. The van der Waals surface area contributed by atoms with E-state index in [1.54, 1.807) is 29.7 Å². The van der Waals surface area contributed by atoms with E-state index in [0.717, 1.165) is 36.5 Å². The summed E-state index contributed by atoms with van der Waals surface area (Å²) in [5, 5.41) is 2.81. The van der Waals surface area contributed by atoms with Crippen LogP contribution in [0.5, 0.6) is 0 Å². The average molecular weight is 620 g/mol. The van der Waals surface area contributed by atoms with E-state index in [-0.39, 0.29) is 46.7 Å². The summed E-state index contributed by atoms with van der Waals surface area (Å²) in [5.74, 6) is -0.573. The van der Waals surface area contributed by atoms with Gasteiger partial charge in [0.25, 0.3) is 5.56 Å². The molecule has 0 radical (unpaired) electrons. The lowest BCUT2D eigenvalue weighted by molar-refractivity contribution is 0.0931. The number of nitrogens with one attached hydrogen (secondary N) is 1. The van der Waals surface area contributed by atoms with Gasteiger partial charge in [0.2, 0.25) is 0 Å². The Morgan fingerprint density at radius 2 is 1.76 bits per heavy atom. The van der Waals surface area contributed by atoms with E-state index < -0.39 is 29.2 Å². The Kier molecular flexibility index (Phi) is 8.23. The SMILES string of the molecule is COC(=O)N1Cc2ccc(C(=O)CC3CCCN(C(=O)Nc4cc5c(=O)n(CC6CC6)c(=O)n(C(C)C)c5cc4F)C3)cc2C1. The molecular formula is C33H38FN5O6. The molecule has 12 heteroatoms. The fourth-order valence-electron chi connectivity index (χ4n) is 6.53. The monoisotopic (exact) mass is 619 g/mol. The molecule has 3 aromatic rings. The Balaban J connectivity index is 1.16. The summed E-state index contributed by atoms with van der Waals surface area (Å²) < 4.78 is 22.8. The minimum Gasteiger partial charge on any atom is -0.453 e. The molecule has 2 aliphatic heterocycles. The van der Waals surface area contributed by atoms with E-state index in [2.05, 4.69) is 5.32 Å². The van der Waals surface area contributed by atoms with Gasteiger partial charge in [-0.05, 0) is 74.6 Å². The first-order valence-electron chi connectivity index (χ1n) is 15.6. The van der Waals surface area contributed by atoms with E-state index >= 15 is 4.39 Å². The Bertz CT molecular complexity index is 1810. The molecule has 11 nitrogen and oxygen atoms in total. The second-order valence-corrected chi connectivity index (χ2v) is 12.8. The molecule has 6 rings (SSSR count). The summed E-state index contributed by atoms with van der Waals surface area (Å²) in [5.41, 5.74) is 1.58. The van der Waals surface area contributed by atoms with Crippen molar-refractivity contribution in [2.75, 3.05) is 25.5 Å². The minimum atomic E-state index is -0.741. The second kappa shape index (κ2) is 12.1. The fourth-order valence-corrected chi connectivity index (χ4v) is 6.53. The number of carbonyl (C=O) groups is 3. The van der Waals surface area contributed by atoms with E-state index in [0.29, 0.717) is 44.7 Å². The maximum Gasteiger partial charge on any atom is 0.410 e. The third-order valence-electron chi connectivity index (χ3n) is 9.12. The number of fused-ring (bicyclic) bond motifs is 2. The van der Waals surface area contributed by atoms with E-state index in [1.165, 1.54) is 22.3 Å². The number of rotatable bonds is 7. The standard InChI is InChI=1S/C33H38FN5O6/c1-19(2)39-28-14-26(34)27(13-25(28)30(41)38(32(39)43)16-20-6-7-20)35-31(42)36-10-4-5-21(15-36)11-29(40)22-8-9-23-17-37(33(44)45-3)18-24(23)12-22/h8-9,12-14,19-21H,4-7,10-11,15-18H2,1-3H3,(H,35,42). The number of benzene rings is 2. The summed E-state index contributed by atoms with van der Waals surface area (Å²) in [6, 6.07) is 7.13. The fraction of sp³-hybridized carbons (Fsp3) is 0.485. The number of ether oxygens (including phenoxy) is 1. The molecule has 45 heavy (non-hydrogen) atoms. The molecule has 3 heterocycles. The van der Waals surface area contributed by atoms with Crippen LogP contribution in [0.1, 0.15) is 73.5 Å². The summed E-state index contributed by atoms with van der Waals surface area (Å²) in [7, 11) is 1.34. The van der Waals surface area contributed by atoms with Gasteiger partial charge in [0.05, 0.1) is 23.7 Å². The molecule has 238 valence electrons. The first-order chi connectivity index (χ1) is 21.5. The zero-order valence-electron chi connectivity index (χ0n) is 25.8. The van der Waals surface area contributed by atoms with Crippen LogP contribution in [0.15, 0.2) is 39.9 Å². The van der Waals surface area contributed by atoms with E-state index in [9.17, 15) is 24.0 Å². The molecule has 2 aromatic carbocycles. The van der Waals surface area contributed by atoms with Crippen LogP contribution in [0.2, 0.25) is 0 Å². The average Bonchev–Trinajstić information content (AvgIpc) is 3.74. The molecule has 1 aromatic heterocycles. The van der Waals surface area contributed by atoms with Gasteiger partial charge in [-0.25, -0.2) is 18.8 Å². The number of amides is 3. The predicted molar refractivity (Wildman–Crippen MR) is 166 cm³/mol. The number of ketones is 1. The molecule has 1 atom stereocenters. The lowest BCUT2D eigenvalue weighted by Gasteiger charge is -2.32. The number of aromatic nitrogens is 2. The molecule has 1 saturated carbocycles. The molecule has 0 spiro atoms. The van der Waals surface area contributed by atoms with Gasteiger partial charge in [-0.1, -0.05) is 12.1 Å². The smallest absolute Gasteiger partial charge is 0.410 e. The Labute approximate surface area is 259 Å². The quantitative estimate of drug-likeness (QED) is 0.376. The Hall–Kier alpha value is -4.48. The van der Waals surface area contributed by atoms with Crippen molar-refractivity contribution >= 4 is 34.5 Å². The number of hydrogen-bond acceptors (Lipinski definition) is 6. The largest absolute Gasteiger partial charge is 0.453 e. The van der Waals surface area contributed by atoms with Crippen molar-refractivity contribution in [3.05, 3.63) is 73.7 Å². The van der Waals surface area contributed by atoms with Crippen molar-refractivity contribution < 1.29 is 23.5 Å². The molecule has 2 fully saturated rings. The zero-order chi connectivity index (χ0) is 32.0. The second-order valence-electron chi connectivity index (χ2n) is 12.8. The summed E-state index contributed by atoms with van der Waals surface area (Å²) in [6.45, 7) is 5.54. The van der Waals surface area contributed by atoms with Crippen molar-refractivity contribution in [3.63, 3.8) is 0 Å². The number of anilines is 1. The van der Waals surface area contributed by atoms with Crippen LogP contribution in [0.25, 0.3) is 10.9 Å². The molecule has 3 aliphatic rings. The van der Waals surface area contributed by atoms with Crippen LogP contribution in [-0.4, -0.2) is 57.0 Å². The van der Waals surface area contributed by atoms with Crippen LogP contribution >= 0.6 is 0 Å². The predicted octanol–water partition coefficient (Wildman–Crippen LogP) is 4.89. The number of methoxy groups -OCH3 is 1. The van der Waals surface area contributed by atoms with Crippen LogP contribution < -0.4 is 16.6 Å². The number of Topliss-reactive ketones (excluding diaryl/α,β-unsaturated/α-hetero) is 1. The number of urea groups is 1. The molecular weight excluding hydrogens is 581 g/mol. The molecule has 3 amide bonds. The van der Waals surface area contributed by atoms with Crippen LogP contribution in [-0.2, 0) is 24.4 Å². The molecule has 1 N–H and O–H groups in total. The highest BCUT2D eigenvalue weighted by molar-refractivity contribution is 5.97. The van der Waals surface area contributed by atoms with Crippen LogP contribution in [0.3, 0.4) is 0 Å². The van der Waals surface area contributed by atoms with Gasteiger partial charge in [0.15, 0.2) is 5.78 Å². The highest BCUT2D eigenvalue weighted by Gasteiger charge is 2.29. The zero-order valence-corrected chi connectivity index (χ0v) is 25.8. The van der Waals surface area contributed by atoms with Gasteiger partial charge < -0.3 is 15.0 Å². The summed E-state index contributed by atoms with van der Waals surface area (Å²) in [4.78, 5) is 68.1. The van der Waals surface area contributed by atoms with Crippen LogP contribution in [0.4, 0.5) is 19.7 Å². The van der Waals surface area contributed by atoms with Gasteiger partial charge in [-0.3, -0.25) is 23.6 Å². The summed E-state index contributed by atoms with van der Waals surface area (Å²) >= 11 is 0. The number of carbonyl (C=O) groups excluding carboxylic acids is 3. The van der Waals surface area contributed by atoms with Gasteiger partial charge in [-0.2, -0.15) is 0 Å². The van der Waals surface area contributed by atoms with E-state index in [1.807, 2.05) is 12.1 Å². The van der Waals surface area contributed by atoms with Crippen molar-refractivity contribution in [1.29, 1.82) is 0 Å². The van der Waals surface area contributed by atoms with Crippen molar-refractivity contribution in [2.45, 2.75) is 71.6 Å². The summed E-state index contributed by atoms with van der Waals surface area (Å²) in [6.07, 6.45) is 3.22. The third kappa shape index (κ3) is 6.10. The van der Waals surface area contributed by atoms with Crippen LogP contribution in [0, 0.1) is 17.7 Å². The van der Waals surface area contributed by atoms with Gasteiger partial charge in [-0.15, -0.1) is 0 Å². The van der Waals surface area contributed by atoms with Gasteiger partial charge in [0.1, 0.15) is 5.82 Å². The molecule has 1 saturated heterocycles. The number of likely N-dealkylation sites (tertiary alicyclic amines) is 1. The Morgan fingerprint density at radius 3 is 2.47 bits per heavy atom. The highest BCUT2D eigenvalue weighted by Crippen LogP contribution is 2.31.